The maximum absolute atomic E-state index is 11.2. The van der Waals surface area contributed by atoms with Gasteiger partial charge < -0.3 is 31.5 Å². The van der Waals surface area contributed by atoms with E-state index in [2.05, 4.69) is 33.4 Å². The zero-order chi connectivity index (χ0) is 25.6. The van der Waals surface area contributed by atoms with E-state index in [0.717, 1.165) is 84.2 Å². The van der Waals surface area contributed by atoms with E-state index >= 15 is 0 Å². The molecule has 6 atom stereocenters. The summed E-state index contributed by atoms with van der Waals surface area (Å²) in [4.78, 5) is 22.4. The van der Waals surface area contributed by atoms with Gasteiger partial charge in [-0.05, 0) is 63.7 Å². The molecule has 37 heavy (non-hydrogen) atoms. The molecular weight excluding hydrogens is 515 g/mol. The van der Waals surface area contributed by atoms with Crippen molar-refractivity contribution in [1.29, 1.82) is 0 Å². The van der Waals surface area contributed by atoms with E-state index in [1.165, 1.54) is 32.1 Å². The maximum Gasteiger partial charge on any atom is 0.306 e. The molecule has 8 nitrogen and oxygen atoms in total. The van der Waals surface area contributed by atoms with Crippen LogP contribution in [0.2, 0.25) is 0 Å². The Labute approximate surface area is 233 Å². The number of rotatable bonds is 10. The predicted octanol–water partition coefficient (Wildman–Crippen LogP) is 4.56. The van der Waals surface area contributed by atoms with E-state index < -0.39 is 11.9 Å². The molecular formula is C28H48CoN4O4-2. The molecule has 6 unspecified atom stereocenters. The van der Waals surface area contributed by atoms with Gasteiger partial charge in [0.15, 0.2) is 0 Å². The van der Waals surface area contributed by atoms with Crippen molar-refractivity contribution in [3.05, 3.63) is 22.8 Å². The second-order valence-electron chi connectivity index (χ2n) is 11.0. The van der Waals surface area contributed by atoms with Gasteiger partial charge in [-0.1, -0.05) is 57.4 Å². The molecule has 3 fully saturated rings. The number of piperidine rings is 1. The molecule has 1 saturated heterocycles. The molecule has 2 aliphatic heterocycles. The summed E-state index contributed by atoms with van der Waals surface area (Å²) in [6.07, 6.45) is 17.4. The Bertz CT molecular complexity index is 689. The fourth-order valence-electron chi connectivity index (χ4n) is 6.19. The SMILES string of the molecule is O=C(O)C1CCCCC1CNCC1C=CCC[N-]1.O=C(O)C1CCCCC1CNCC1CCCC[N-]1.[Co]. The molecule has 9 heteroatoms. The van der Waals surface area contributed by atoms with Crippen LogP contribution in [0.25, 0.3) is 10.6 Å². The van der Waals surface area contributed by atoms with Gasteiger partial charge in [-0.3, -0.25) is 9.59 Å². The Hall–Kier alpha value is -0.974. The minimum absolute atomic E-state index is 0. The third kappa shape index (κ3) is 11.7. The predicted molar refractivity (Wildman–Crippen MR) is 144 cm³/mol. The normalized spacial score (nSPS) is 31.9. The Morgan fingerprint density at radius 2 is 1.27 bits per heavy atom. The average molecular weight is 564 g/mol. The number of carboxylic acids is 2. The van der Waals surface area contributed by atoms with Gasteiger partial charge in [-0.2, -0.15) is 0 Å². The van der Waals surface area contributed by atoms with Crippen LogP contribution in [0.1, 0.15) is 77.0 Å². The molecule has 2 aliphatic carbocycles. The van der Waals surface area contributed by atoms with Gasteiger partial charge in [0.2, 0.25) is 0 Å². The molecule has 4 aliphatic rings. The molecule has 4 rings (SSSR count). The van der Waals surface area contributed by atoms with Crippen LogP contribution in [0.4, 0.5) is 0 Å². The number of aliphatic carboxylic acids is 2. The van der Waals surface area contributed by atoms with E-state index in [1.807, 2.05) is 0 Å². The smallest absolute Gasteiger partial charge is 0.306 e. The van der Waals surface area contributed by atoms with Crippen LogP contribution in [0.5, 0.6) is 0 Å². The fraction of sp³-hybridized carbons (Fsp3) is 0.857. The summed E-state index contributed by atoms with van der Waals surface area (Å²) < 4.78 is 0. The standard InChI is InChI=1S/C14H25N2O2.C14H23N2O2.Co/c2*17-14(18)13-7-2-1-5-11(13)9-15-10-12-6-3-4-8-16-12;/h11-13,15H,1-10H2,(H,17,18);3,6,11-13,15H,1-2,4-5,7-10H2,(H,17,18);/q2*-1;. The third-order valence-corrected chi connectivity index (χ3v) is 8.35. The van der Waals surface area contributed by atoms with Gasteiger partial charge >= 0.3 is 11.9 Å². The van der Waals surface area contributed by atoms with E-state index in [9.17, 15) is 19.8 Å². The Morgan fingerprint density at radius 3 is 1.78 bits per heavy atom. The first-order valence-electron chi connectivity index (χ1n) is 14.4. The number of hydrogen-bond donors (Lipinski definition) is 4. The van der Waals surface area contributed by atoms with Crippen LogP contribution in [0.3, 0.4) is 0 Å². The Morgan fingerprint density at radius 1 is 0.703 bits per heavy atom. The number of carboxylic acid groups (broad SMARTS) is 2. The fourth-order valence-corrected chi connectivity index (χ4v) is 6.19. The molecule has 0 bridgehead atoms. The third-order valence-electron chi connectivity index (χ3n) is 8.35. The molecule has 0 aromatic rings. The summed E-state index contributed by atoms with van der Waals surface area (Å²) in [5.41, 5.74) is 0. The Balaban J connectivity index is 0.000000253. The summed E-state index contributed by atoms with van der Waals surface area (Å²) in [6.45, 7) is 5.37. The van der Waals surface area contributed by atoms with Gasteiger partial charge in [0.1, 0.15) is 0 Å². The summed E-state index contributed by atoms with van der Waals surface area (Å²) in [6, 6.07) is 0.747. The van der Waals surface area contributed by atoms with Crippen LogP contribution in [-0.2, 0) is 26.4 Å². The minimum atomic E-state index is -0.622. The maximum atomic E-state index is 11.2. The van der Waals surface area contributed by atoms with E-state index in [-0.39, 0.29) is 34.7 Å². The molecule has 1 radical (unpaired) electrons. The van der Waals surface area contributed by atoms with E-state index in [0.29, 0.717) is 17.9 Å². The first-order chi connectivity index (χ1) is 17.5. The van der Waals surface area contributed by atoms with Gasteiger partial charge in [0.05, 0.1) is 11.8 Å². The number of hydrogen-bond acceptors (Lipinski definition) is 4. The molecule has 0 aromatic heterocycles. The van der Waals surface area contributed by atoms with Gasteiger partial charge in [0, 0.05) is 16.8 Å². The summed E-state index contributed by atoms with van der Waals surface area (Å²) in [7, 11) is 0. The van der Waals surface area contributed by atoms with Gasteiger partial charge in [-0.15, -0.1) is 31.2 Å². The summed E-state index contributed by atoms with van der Waals surface area (Å²) in [5.74, 6) is -0.893. The molecule has 2 heterocycles. The van der Waals surface area contributed by atoms with Gasteiger partial charge in [-0.25, -0.2) is 0 Å². The zero-order valence-electron chi connectivity index (χ0n) is 22.3. The second kappa shape index (κ2) is 18.3. The molecule has 2 saturated carbocycles. The van der Waals surface area contributed by atoms with Crippen molar-refractivity contribution >= 4 is 11.9 Å². The quantitative estimate of drug-likeness (QED) is 0.289. The summed E-state index contributed by atoms with van der Waals surface area (Å²) >= 11 is 0. The van der Waals surface area contributed by atoms with Crippen molar-refractivity contribution in [2.45, 2.75) is 89.1 Å². The first-order valence-corrected chi connectivity index (χ1v) is 14.4. The monoisotopic (exact) mass is 563 g/mol. The average Bonchev–Trinajstić information content (AvgIpc) is 2.91. The van der Waals surface area contributed by atoms with Crippen molar-refractivity contribution in [2.75, 3.05) is 39.3 Å². The van der Waals surface area contributed by atoms with E-state index in [1.54, 1.807) is 0 Å². The van der Waals surface area contributed by atoms with Crippen molar-refractivity contribution in [3.8, 4) is 0 Å². The minimum Gasteiger partial charge on any atom is -0.658 e. The van der Waals surface area contributed by atoms with Crippen LogP contribution in [0, 0.1) is 23.7 Å². The number of carbonyl (C=O) groups is 2. The second-order valence-corrected chi connectivity index (χ2v) is 11.0. The first kappa shape index (κ1) is 32.2. The van der Waals surface area contributed by atoms with Crippen molar-refractivity contribution in [3.63, 3.8) is 0 Å². The largest absolute Gasteiger partial charge is 0.658 e. The van der Waals surface area contributed by atoms with Crippen LogP contribution in [0.15, 0.2) is 12.2 Å². The van der Waals surface area contributed by atoms with Crippen molar-refractivity contribution in [1.82, 2.24) is 10.6 Å². The number of nitrogens with one attached hydrogen (secondary N) is 2. The van der Waals surface area contributed by atoms with Crippen LogP contribution < -0.4 is 10.6 Å². The van der Waals surface area contributed by atoms with Gasteiger partial charge in [0.25, 0.3) is 0 Å². The molecule has 0 aromatic carbocycles. The van der Waals surface area contributed by atoms with Crippen LogP contribution >= 0.6 is 0 Å². The molecule has 0 amide bonds. The van der Waals surface area contributed by atoms with Crippen molar-refractivity contribution < 1.29 is 36.6 Å². The van der Waals surface area contributed by atoms with Crippen LogP contribution in [-0.4, -0.2) is 73.5 Å². The number of nitrogens with zero attached hydrogens (tertiary/aromatic N) is 2. The van der Waals surface area contributed by atoms with E-state index in [4.69, 9.17) is 0 Å². The molecule has 4 N–H and O–H groups in total. The zero-order valence-corrected chi connectivity index (χ0v) is 23.3. The topological polar surface area (TPSA) is 127 Å². The molecule has 0 spiro atoms. The molecule has 215 valence electrons. The van der Waals surface area contributed by atoms with Crippen molar-refractivity contribution in [2.24, 2.45) is 23.7 Å². The Kier molecular flexibility index (Phi) is 16.0. The summed E-state index contributed by atoms with van der Waals surface area (Å²) in [5, 5.41) is 34.4.